The molecule has 164 valence electrons. The van der Waals surface area contributed by atoms with Gasteiger partial charge in [0.15, 0.2) is 0 Å². The summed E-state index contributed by atoms with van der Waals surface area (Å²) in [6.45, 7) is 6.75. The fourth-order valence-corrected chi connectivity index (χ4v) is 3.01. The Bertz CT molecular complexity index is 1040. The van der Waals surface area contributed by atoms with Crippen molar-refractivity contribution in [3.05, 3.63) is 77.9 Å². The standard InChI is InChI=1S/C22H22F4N4O/c1-21(2,3)13-29-12-18(28-14-29)20(31)30(17-7-5-16(23)6-8-17)11-15-4-9-19(27-10-15)22(24,25)26/h4-10,12,14H,11,13H2,1-3H3. The van der Waals surface area contributed by atoms with Gasteiger partial charge in [-0.1, -0.05) is 26.8 Å². The van der Waals surface area contributed by atoms with Crippen molar-refractivity contribution in [2.24, 2.45) is 5.41 Å². The van der Waals surface area contributed by atoms with Gasteiger partial charge in [-0.3, -0.25) is 9.78 Å². The number of imidazole rings is 1. The number of benzene rings is 1. The second-order valence-electron chi connectivity index (χ2n) is 8.41. The second kappa shape index (κ2) is 8.49. The van der Waals surface area contributed by atoms with E-state index in [0.717, 1.165) is 12.3 Å². The van der Waals surface area contributed by atoms with Crippen LogP contribution in [0.1, 0.15) is 42.5 Å². The molecular formula is C22H22F4N4O. The minimum atomic E-state index is -4.55. The number of aromatic nitrogens is 3. The van der Waals surface area contributed by atoms with Crippen LogP contribution < -0.4 is 4.90 Å². The SMILES string of the molecule is CC(C)(C)Cn1cnc(C(=O)N(Cc2ccc(C(F)(F)F)nc2)c2ccc(F)cc2)c1. The molecule has 0 saturated heterocycles. The van der Waals surface area contributed by atoms with Crippen LogP contribution in [0.4, 0.5) is 23.2 Å². The number of alkyl halides is 3. The number of hydrogen-bond donors (Lipinski definition) is 0. The summed E-state index contributed by atoms with van der Waals surface area (Å²) >= 11 is 0. The van der Waals surface area contributed by atoms with Gasteiger partial charge in [0, 0.05) is 24.6 Å². The van der Waals surface area contributed by atoms with E-state index >= 15 is 0 Å². The van der Waals surface area contributed by atoms with Gasteiger partial charge in [0.05, 0.1) is 12.9 Å². The Hall–Kier alpha value is -3.23. The molecule has 0 fully saturated rings. The van der Waals surface area contributed by atoms with Crippen LogP contribution in [0.5, 0.6) is 0 Å². The normalized spacial score (nSPS) is 12.1. The van der Waals surface area contributed by atoms with E-state index < -0.39 is 23.6 Å². The fourth-order valence-electron chi connectivity index (χ4n) is 3.01. The Morgan fingerprint density at radius 3 is 2.26 bits per heavy atom. The van der Waals surface area contributed by atoms with Crippen molar-refractivity contribution >= 4 is 11.6 Å². The Morgan fingerprint density at radius 2 is 1.71 bits per heavy atom. The van der Waals surface area contributed by atoms with Crippen molar-refractivity contribution in [3.8, 4) is 0 Å². The van der Waals surface area contributed by atoms with Crippen molar-refractivity contribution in [1.29, 1.82) is 0 Å². The molecule has 0 aliphatic rings. The number of carbonyl (C=O) groups is 1. The lowest BCUT2D eigenvalue weighted by Crippen LogP contribution is -2.31. The zero-order valence-corrected chi connectivity index (χ0v) is 17.3. The summed E-state index contributed by atoms with van der Waals surface area (Å²) in [4.78, 5) is 22.2. The molecule has 0 aliphatic heterocycles. The maximum Gasteiger partial charge on any atom is 0.433 e. The van der Waals surface area contributed by atoms with Gasteiger partial charge in [-0.05, 0) is 41.3 Å². The quantitative estimate of drug-likeness (QED) is 0.510. The summed E-state index contributed by atoms with van der Waals surface area (Å²) < 4.78 is 53.5. The number of anilines is 1. The minimum Gasteiger partial charge on any atom is -0.336 e. The Balaban J connectivity index is 1.90. The van der Waals surface area contributed by atoms with Crippen LogP contribution in [-0.4, -0.2) is 20.4 Å². The molecule has 2 aromatic heterocycles. The summed E-state index contributed by atoms with van der Waals surface area (Å²) in [5.74, 6) is -0.930. The van der Waals surface area contributed by atoms with Crippen LogP contribution in [0.25, 0.3) is 0 Å². The van der Waals surface area contributed by atoms with Crippen LogP contribution in [0.15, 0.2) is 55.1 Å². The predicted molar refractivity (Wildman–Crippen MR) is 108 cm³/mol. The first-order valence-electron chi connectivity index (χ1n) is 9.54. The van der Waals surface area contributed by atoms with Crippen LogP contribution in [0.3, 0.4) is 0 Å². The Labute approximate surface area is 177 Å². The first-order valence-corrected chi connectivity index (χ1v) is 9.54. The molecule has 3 rings (SSSR count). The zero-order chi connectivity index (χ0) is 22.8. The largest absolute Gasteiger partial charge is 0.433 e. The number of pyridine rings is 1. The van der Waals surface area contributed by atoms with Gasteiger partial charge in [-0.2, -0.15) is 13.2 Å². The van der Waals surface area contributed by atoms with E-state index in [4.69, 9.17) is 0 Å². The highest BCUT2D eigenvalue weighted by molar-refractivity contribution is 6.04. The maximum atomic E-state index is 13.4. The van der Waals surface area contributed by atoms with Gasteiger partial charge in [-0.15, -0.1) is 0 Å². The highest BCUT2D eigenvalue weighted by Gasteiger charge is 2.32. The average Bonchev–Trinajstić information content (AvgIpc) is 3.13. The van der Waals surface area contributed by atoms with Crippen molar-refractivity contribution < 1.29 is 22.4 Å². The summed E-state index contributed by atoms with van der Waals surface area (Å²) in [6, 6.07) is 7.39. The molecule has 0 atom stereocenters. The molecule has 5 nitrogen and oxygen atoms in total. The highest BCUT2D eigenvalue weighted by atomic mass is 19.4. The van der Waals surface area contributed by atoms with E-state index in [9.17, 15) is 22.4 Å². The van der Waals surface area contributed by atoms with E-state index in [1.54, 1.807) is 17.1 Å². The third-order valence-electron chi connectivity index (χ3n) is 4.35. The van der Waals surface area contributed by atoms with Gasteiger partial charge in [-0.25, -0.2) is 9.37 Å². The van der Waals surface area contributed by atoms with Crippen LogP contribution in [0, 0.1) is 11.2 Å². The summed E-state index contributed by atoms with van der Waals surface area (Å²) in [5, 5.41) is 0. The third-order valence-corrected chi connectivity index (χ3v) is 4.35. The Kier molecular flexibility index (Phi) is 6.15. The van der Waals surface area contributed by atoms with E-state index in [0.29, 0.717) is 17.8 Å². The van der Waals surface area contributed by atoms with Gasteiger partial charge < -0.3 is 9.47 Å². The van der Waals surface area contributed by atoms with E-state index in [1.807, 2.05) is 0 Å². The summed E-state index contributed by atoms with van der Waals surface area (Å²) in [7, 11) is 0. The molecule has 2 heterocycles. The number of nitrogens with zero attached hydrogens (tertiary/aromatic N) is 4. The first-order chi connectivity index (χ1) is 14.4. The molecular weight excluding hydrogens is 412 g/mol. The lowest BCUT2D eigenvalue weighted by atomic mass is 9.97. The smallest absolute Gasteiger partial charge is 0.336 e. The molecule has 0 spiro atoms. The molecule has 3 aromatic rings. The molecule has 9 heteroatoms. The molecule has 0 saturated carbocycles. The molecule has 0 unspecified atom stereocenters. The van der Waals surface area contributed by atoms with E-state index in [2.05, 4.69) is 30.7 Å². The molecule has 0 bridgehead atoms. The fraction of sp³-hybridized carbons (Fsp3) is 0.318. The van der Waals surface area contributed by atoms with Gasteiger partial charge >= 0.3 is 6.18 Å². The number of carbonyl (C=O) groups excluding carboxylic acids is 1. The van der Waals surface area contributed by atoms with E-state index in [-0.39, 0.29) is 17.7 Å². The average molecular weight is 434 g/mol. The number of hydrogen-bond acceptors (Lipinski definition) is 3. The molecule has 0 radical (unpaired) electrons. The monoisotopic (exact) mass is 434 g/mol. The molecule has 0 aliphatic carbocycles. The Morgan fingerprint density at radius 1 is 1.03 bits per heavy atom. The van der Waals surface area contributed by atoms with Crippen molar-refractivity contribution in [1.82, 2.24) is 14.5 Å². The number of halogens is 4. The number of amides is 1. The summed E-state index contributed by atoms with van der Waals surface area (Å²) in [6.07, 6.45) is -0.300. The van der Waals surface area contributed by atoms with Crippen molar-refractivity contribution in [3.63, 3.8) is 0 Å². The minimum absolute atomic E-state index is 0.0242. The molecule has 31 heavy (non-hydrogen) atoms. The van der Waals surface area contributed by atoms with Crippen molar-refractivity contribution in [2.45, 2.75) is 40.0 Å². The van der Waals surface area contributed by atoms with Crippen LogP contribution in [-0.2, 0) is 19.3 Å². The highest BCUT2D eigenvalue weighted by Crippen LogP contribution is 2.28. The first kappa shape index (κ1) is 22.5. The predicted octanol–water partition coefficient (Wildman–Crippen LogP) is 5.33. The van der Waals surface area contributed by atoms with Gasteiger partial charge in [0.2, 0.25) is 0 Å². The molecule has 0 N–H and O–H groups in total. The van der Waals surface area contributed by atoms with E-state index in [1.165, 1.54) is 35.2 Å². The van der Waals surface area contributed by atoms with Gasteiger partial charge in [0.1, 0.15) is 17.2 Å². The zero-order valence-electron chi connectivity index (χ0n) is 17.3. The maximum absolute atomic E-state index is 13.4. The van der Waals surface area contributed by atoms with Crippen molar-refractivity contribution in [2.75, 3.05) is 4.90 Å². The molecule has 1 aromatic carbocycles. The number of rotatable bonds is 5. The lowest BCUT2D eigenvalue weighted by Gasteiger charge is -2.22. The summed E-state index contributed by atoms with van der Waals surface area (Å²) in [5.41, 5.74) is -0.0921. The second-order valence-corrected chi connectivity index (χ2v) is 8.41. The third kappa shape index (κ3) is 5.90. The molecule has 1 amide bonds. The van der Waals surface area contributed by atoms with Gasteiger partial charge in [0.25, 0.3) is 5.91 Å². The topological polar surface area (TPSA) is 51.0 Å². The van der Waals surface area contributed by atoms with Crippen LogP contribution in [0.2, 0.25) is 0 Å². The lowest BCUT2D eigenvalue weighted by molar-refractivity contribution is -0.141. The van der Waals surface area contributed by atoms with Crippen LogP contribution >= 0.6 is 0 Å².